The number of carbonyl (C=O) groups excluding carboxylic acids is 1. The van der Waals surface area contributed by atoms with Gasteiger partial charge in [-0.15, -0.1) is 0 Å². The van der Waals surface area contributed by atoms with E-state index in [-0.39, 0.29) is 5.91 Å². The zero-order valence-corrected chi connectivity index (χ0v) is 14.8. The number of nitrogens with zero attached hydrogens (tertiary/aromatic N) is 2. The van der Waals surface area contributed by atoms with E-state index >= 15 is 0 Å². The summed E-state index contributed by atoms with van der Waals surface area (Å²) in [7, 11) is 0. The zero-order valence-electron chi connectivity index (χ0n) is 14.0. The quantitative estimate of drug-likeness (QED) is 0.686. The largest absolute Gasteiger partial charge is 0.451 e. The highest BCUT2D eigenvalue weighted by molar-refractivity contribution is 6.31. The molecule has 3 aromatic rings. The maximum atomic E-state index is 12.9. The lowest BCUT2D eigenvalue weighted by Gasteiger charge is -2.35. The van der Waals surface area contributed by atoms with Gasteiger partial charge >= 0.3 is 0 Å². The standard InChI is InChI=1S/C20H19ClN2O2/c1-14-17-13-15(21)7-8-18(17)25-19(14)20(24)23-11-9-22(10-12-23)16-5-3-2-4-6-16/h2-8,13H,9-12H2,1H3. The predicted molar refractivity (Wildman–Crippen MR) is 101 cm³/mol. The average molecular weight is 355 g/mol. The second-order valence-corrected chi connectivity index (χ2v) is 6.75. The number of benzene rings is 2. The van der Waals surface area contributed by atoms with Gasteiger partial charge in [0.1, 0.15) is 5.58 Å². The fourth-order valence-corrected chi connectivity index (χ4v) is 3.52. The number of rotatable bonds is 2. The molecule has 128 valence electrons. The molecule has 0 spiro atoms. The number of fused-ring (bicyclic) bond motifs is 1. The average Bonchev–Trinajstić information content (AvgIpc) is 2.98. The molecule has 1 amide bonds. The van der Waals surface area contributed by atoms with Crippen molar-refractivity contribution in [3.05, 3.63) is 64.9 Å². The molecule has 0 bridgehead atoms. The molecule has 0 unspecified atom stereocenters. The second-order valence-electron chi connectivity index (χ2n) is 6.31. The number of hydrogen-bond donors (Lipinski definition) is 0. The Morgan fingerprint density at radius 3 is 2.48 bits per heavy atom. The molecule has 5 heteroatoms. The highest BCUT2D eigenvalue weighted by Crippen LogP contribution is 2.29. The van der Waals surface area contributed by atoms with Crippen molar-refractivity contribution in [3.63, 3.8) is 0 Å². The van der Waals surface area contributed by atoms with Crippen LogP contribution < -0.4 is 4.90 Å². The molecule has 1 aliphatic heterocycles. The van der Waals surface area contributed by atoms with Crippen LogP contribution >= 0.6 is 11.6 Å². The SMILES string of the molecule is Cc1c(C(=O)N2CCN(c3ccccc3)CC2)oc2ccc(Cl)cc12. The summed E-state index contributed by atoms with van der Waals surface area (Å²) in [6.45, 7) is 4.92. The van der Waals surface area contributed by atoms with Crippen molar-refractivity contribution in [2.75, 3.05) is 31.1 Å². The number of para-hydroxylation sites is 1. The smallest absolute Gasteiger partial charge is 0.290 e. The molecule has 4 nitrogen and oxygen atoms in total. The van der Waals surface area contributed by atoms with E-state index in [1.165, 1.54) is 5.69 Å². The molecule has 0 atom stereocenters. The van der Waals surface area contributed by atoms with Crippen molar-refractivity contribution in [2.45, 2.75) is 6.92 Å². The van der Waals surface area contributed by atoms with Gasteiger partial charge in [-0.05, 0) is 37.3 Å². The van der Waals surface area contributed by atoms with Gasteiger partial charge in [-0.2, -0.15) is 0 Å². The number of carbonyl (C=O) groups is 1. The van der Waals surface area contributed by atoms with Crippen molar-refractivity contribution in [2.24, 2.45) is 0 Å². The van der Waals surface area contributed by atoms with Crippen LogP contribution in [0.1, 0.15) is 16.1 Å². The lowest BCUT2D eigenvalue weighted by atomic mass is 10.1. The van der Waals surface area contributed by atoms with Gasteiger partial charge in [-0.1, -0.05) is 29.8 Å². The number of hydrogen-bond acceptors (Lipinski definition) is 3. The van der Waals surface area contributed by atoms with E-state index in [4.69, 9.17) is 16.0 Å². The van der Waals surface area contributed by atoms with Gasteiger partial charge in [-0.3, -0.25) is 4.79 Å². The van der Waals surface area contributed by atoms with Crippen molar-refractivity contribution in [3.8, 4) is 0 Å². The summed E-state index contributed by atoms with van der Waals surface area (Å²) < 4.78 is 5.82. The third-order valence-corrected chi connectivity index (χ3v) is 5.02. The summed E-state index contributed by atoms with van der Waals surface area (Å²) >= 11 is 6.06. The molecule has 1 saturated heterocycles. The number of furan rings is 1. The first-order valence-corrected chi connectivity index (χ1v) is 8.79. The van der Waals surface area contributed by atoms with E-state index < -0.39 is 0 Å². The van der Waals surface area contributed by atoms with Crippen molar-refractivity contribution in [1.82, 2.24) is 4.90 Å². The molecule has 4 rings (SSSR count). The Morgan fingerprint density at radius 2 is 1.76 bits per heavy atom. The van der Waals surface area contributed by atoms with Gasteiger partial charge in [0.2, 0.25) is 0 Å². The molecule has 0 aliphatic carbocycles. The van der Waals surface area contributed by atoms with E-state index in [1.807, 2.05) is 42.2 Å². The summed E-state index contributed by atoms with van der Waals surface area (Å²) in [6, 6.07) is 15.7. The molecule has 0 radical (unpaired) electrons. The highest BCUT2D eigenvalue weighted by Gasteiger charge is 2.26. The third kappa shape index (κ3) is 2.98. The number of amides is 1. The summed E-state index contributed by atoms with van der Waals surface area (Å²) in [5, 5.41) is 1.55. The number of aryl methyl sites for hydroxylation is 1. The monoisotopic (exact) mass is 354 g/mol. The van der Waals surface area contributed by atoms with Gasteiger partial charge in [0.15, 0.2) is 5.76 Å². The lowest BCUT2D eigenvalue weighted by molar-refractivity contribution is 0.0716. The summed E-state index contributed by atoms with van der Waals surface area (Å²) in [5.41, 5.74) is 2.75. The molecular weight excluding hydrogens is 336 g/mol. The summed E-state index contributed by atoms with van der Waals surface area (Å²) in [5.74, 6) is 0.378. The van der Waals surface area contributed by atoms with Crippen LogP contribution in [0.2, 0.25) is 5.02 Å². The van der Waals surface area contributed by atoms with Crippen LogP contribution in [-0.4, -0.2) is 37.0 Å². The van der Waals surface area contributed by atoms with Gasteiger partial charge in [-0.25, -0.2) is 0 Å². The van der Waals surface area contributed by atoms with Gasteiger partial charge in [0, 0.05) is 47.8 Å². The lowest BCUT2D eigenvalue weighted by Crippen LogP contribution is -2.48. The van der Waals surface area contributed by atoms with Crippen LogP contribution in [-0.2, 0) is 0 Å². The minimum atomic E-state index is -0.0439. The minimum absolute atomic E-state index is 0.0439. The third-order valence-electron chi connectivity index (χ3n) is 4.78. The van der Waals surface area contributed by atoms with Crippen LogP contribution in [0.15, 0.2) is 52.9 Å². The van der Waals surface area contributed by atoms with Crippen LogP contribution in [0.5, 0.6) is 0 Å². The van der Waals surface area contributed by atoms with E-state index in [9.17, 15) is 4.79 Å². The Hall–Kier alpha value is -2.46. The Bertz CT molecular complexity index is 912. The van der Waals surface area contributed by atoms with E-state index in [0.29, 0.717) is 29.5 Å². The maximum absolute atomic E-state index is 12.9. The molecule has 0 N–H and O–H groups in total. The van der Waals surface area contributed by atoms with Crippen molar-refractivity contribution >= 4 is 34.2 Å². The summed E-state index contributed by atoms with van der Waals surface area (Å²) in [4.78, 5) is 17.1. The highest BCUT2D eigenvalue weighted by atomic mass is 35.5. The fraction of sp³-hybridized carbons (Fsp3) is 0.250. The first kappa shape index (κ1) is 16.0. The first-order valence-electron chi connectivity index (χ1n) is 8.41. The molecule has 25 heavy (non-hydrogen) atoms. The first-order chi connectivity index (χ1) is 12.1. The van der Waals surface area contributed by atoms with E-state index in [0.717, 1.165) is 24.0 Å². The van der Waals surface area contributed by atoms with Crippen LogP contribution in [0.3, 0.4) is 0 Å². The maximum Gasteiger partial charge on any atom is 0.290 e. The second kappa shape index (κ2) is 6.45. The van der Waals surface area contributed by atoms with E-state index in [2.05, 4.69) is 17.0 Å². The predicted octanol–water partition coefficient (Wildman–Crippen LogP) is 4.36. The van der Waals surface area contributed by atoms with Crippen molar-refractivity contribution in [1.29, 1.82) is 0 Å². The molecule has 1 aliphatic rings. The van der Waals surface area contributed by atoms with Crippen LogP contribution in [0, 0.1) is 6.92 Å². The number of piperazine rings is 1. The Kier molecular flexibility index (Phi) is 4.14. The minimum Gasteiger partial charge on any atom is -0.451 e. The normalized spacial score (nSPS) is 15.0. The number of halogens is 1. The van der Waals surface area contributed by atoms with Gasteiger partial charge in [0.05, 0.1) is 0 Å². The Labute approximate surface area is 151 Å². The van der Waals surface area contributed by atoms with Crippen LogP contribution in [0.25, 0.3) is 11.0 Å². The van der Waals surface area contributed by atoms with Crippen LogP contribution in [0.4, 0.5) is 5.69 Å². The molecule has 1 fully saturated rings. The zero-order chi connectivity index (χ0) is 17.4. The topological polar surface area (TPSA) is 36.7 Å². The summed E-state index contributed by atoms with van der Waals surface area (Å²) in [6.07, 6.45) is 0. The Morgan fingerprint density at radius 1 is 1.04 bits per heavy atom. The molecule has 1 aromatic heterocycles. The number of anilines is 1. The van der Waals surface area contributed by atoms with Gasteiger partial charge in [0.25, 0.3) is 5.91 Å². The fourth-order valence-electron chi connectivity index (χ4n) is 3.35. The molecular formula is C20H19ClN2O2. The van der Waals surface area contributed by atoms with Crippen molar-refractivity contribution < 1.29 is 9.21 Å². The van der Waals surface area contributed by atoms with Gasteiger partial charge < -0.3 is 14.2 Å². The Balaban J connectivity index is 1.52. The molecule has 2 aromatic carbocycles. The molecule has 0 saturated carbocycles. The molecule has 2 heterocycles. The van der Waals surface area contributed by atoms with E-state index in [1.54, 1.807) is 6.07 Å².